The lowest BCUT2D eigenvalue weighted by molar-refractivity contribution is -0.118. The molecule has 1 aliphatic rings. The Labute approximate surface area is 75.5 Å². The van der Waals surface area contributed by atoms with Crippen LogP contribution in [0.25, 0.3) is 0 Å². The largest absolute Gasteiger partial charge is 0.303 e. The van der Waals surface area contributed by atoms with Crippen molar-refractivity contribution in [3.8, 4) is 0 Å². The maximum Gasteiger partial charge on any atom is 0.125 e. The molecule has 2 atom stereocenters. The maximum atomic E-state index is 10.9. The zero-order valence-electron chi connectivity index (χ0n) is 8.47. The predicted octanol–water partition coefficient (Wildman–Crippen LogP) is 3.04. The van der Waals surface area contributed by atoms with Gasteiger partial charge in [-0.25, -0.2) is 0 Å². The van der Waals surface area contributed by atoms with Crippen molar-refractivity contribution < 1.29 is 4.79 Å². The lowest BCUT2D eigenvalue weighted by Crippen LogP contribution is -2.32. The molecule has 0 heterocycles. The van der Waals surface area contributed by atoms with Crippen molar-refractivity contribution in [2.75, 3.05) is 0 Å². The summed E-state index contributed by atoms with van der Waals surface area (Å²) in [5, 5.41) is 0. The Morgan fingerprint density at radius 1 is 1.25 bits per heavy atom. The van der Waals surface area contributed by atoms with Crippen molar-refractivity contribution >= 4 is 6.29 Å². The smallest absolute Gasteiger partial charge is 0.125 e. The fourth-order valence-corrected chi connectivity index (χ4v) is 2.51. The fourth-order valence-electron chi connectivity index (χ4n) is 2.51. The molecule has 0 amide bonds. The number of hydrogen-bond donors (Lipinski definition) is 0. The minimum atomic E-state index is -0.0974. The molecule has 0 aliphatic heterocycles. The summed E-state index contributed by atoms with van der Waals surface area (Å²) in [4.78, 5) is 10.9. The molecule has 70 valence electrons. The normalized spacial score (nSPS) is 31.6. The van der Waals surface area contributed by atoms with Gasteiger partial charge in [0.1, 0.15) is 6.29 Å². The lowest BCUT2D eigenvalue weighted by Gasteiger charge is -2.37. The maximum absolute atomic E-state index is 10.9. The molecular formula is C11H20O. The van der Waals surface area contributed by atoms with Crippen LogP contribution in [-0.4, -0.2) is 6.29 Å². The van der Waals surface area contributed by atoms with Crippen LogP contribution in [0.5, 0.6) is 0 Å². The molecule has 1 saturated carbocycles. The van der Waals surface area contributed by atoms with Crippen LogP contribution in [0.3, 0.4) is 0 Å². The highest BCUT2D eigenvalue weighted by molar-refractivity contribution is 5.58. The van der Waals surface area contributed by atoms with E-state index in [0.717, 1.165) is 12.2 Å². The fraction of sp³-hybridized carbons (Fsp3) is 0.909. The summed E-state index contributed by atoms with van der Waals surface area (Å²) in [6.07, 6.45) is 6.35. The molecular weight excluding hydrogens is 148 g/mol. The second-order valence-electron chi connectivity index (χ2n) is 4.81. The molecule has 1 fully saturated rings. The van der Waals surface area contributed by atoms with Crippen LogP contribution >= 0.6 is 0 Å². The molecule has 0 N–H and O–H groups in total. The van der Waals surface area contributed by atoms with Crippen molar-refractivity contribution in [2.45, 2.75) is 46.5 Å². The quantitative estimate of drug-likeness (QED) is 0.579. The minimum absolute atomic E-state index is 0.0974. The van der Waals surface area contributed by atoms with Crippen LogP contribution in [0.15, 0.2) is 0 Å². The Kier molecular flexibility index (Phi) is 2.92. The highest BCUT2D eigenvalue weighted by Crippen LogP contribution is 2.40. The van der Waals surface area contributed by atoms with E-state index in [9.17, 15) is 4.79 Å². The molecule has 2 unspecified atom stereocenters. The van der Waals surface area contributed by atoms with E-state index in [4.69, 9.17) is 0 Å². The lowest BCUT2D eigenvalue weighted by atomic mass is 9.67. The monoisotopic (exact) mass is 168 g/mol. The first kappa shape index (κ1) is 9.76. The molecule has 0 bridgehead atoms. The number of carbonyl (C=O) groups excluding carboxylic acids is 1. The Morgan fingerprint density at radius 3 is 2.33 bits per heavy atom. The van der Waals surface area contributed by atoms with Gasteiger partial charge >= 0.3 is 0 Å². The van der Waals surface area contributed by atoms with E-state index in [2.05, 4.69) is 20.8 Å². The van der Waals surface area contributed by atoms with Gasteiger partial charge in [-0.1, -0.05) is 40.0 Å². The summed E-state index contributed by atoms with van der Waals surface area (Å²) in [5.74, 6) is 1.35. The first-order chi connectivity index (χ1) is 5.58. The summed E-state index contributed by atoms with van der Waals surface area (Å²) >= 11 is 0. The third-order valence-electron chi connectivity index (χ3n) is 3.37. The van der Waals surface area contributed by atoms with Gasteiger partial charge in [-0.3, -0.25) is 0 Å². The predicted molar refractivity (Wildman–Crippen MR) is 51.0 cm³/mol. The molecule has 1 nitrogen and oxygen atoms in total. The Balaban J connectivity index is 2.64. The molecule has 1 aliphatic carbocycles. The topological polar surface area (TPSA) is 17.1 Å². The number of aldehydes is 1. The Hall–Kier alpha value is -0.330. The average molecular weight is 168 g/mol. The molecule has 0 aromatic heterocycles. The van der Waals surface area contributed by atoms with Crippen molar-refractivity contribution in [1.82, 2.24) is 0 Å². The molecule has 0 spiro atoms. The average Bonchev–Trinajstić information content (AvgIpc) is 2.05. The van der Waals surface area contributed by atoms with E-state index in [-0.39, 0.29) is 5.41 Å². The van der Waals surface area contributed by atoms with Crippen LogP contribution in [0, 0.1) is 17.3 Å². The van der Waals surface area contributed by atoms with Gasteiger partial charge < -0.3 is 4.79 Å². The summed E-state index contributed by atoms with van der Waals surface area (Å²) in [5.41, 5.74) is -0.0974. The Morgan fingerprint density at radius 2 is 1.83 bits per heavy atom. The molecule has 12 heavy (non-hydrogen) atoms. The summed E-state index contributed by atoms with van der Waals surface area (Å²) < 4.78 is 0. The molecule has 1 rings (SSSR count). The minimum Gasteiger partial charge on any atom is -0.303 e. The van der Waals surface area contributed by atoms with Crippen LogP contribution in [-0.2, 0) is 4.79 Å². The highest BCUT2D eigenvalue weighted by Gasteiger charge is 2.34. The van der Waals surface area contributed by atoms with Crippen LogP contribution in [0.2, 0.25) is 0 Å². The van der Waals surface area contributed by atoms with Gasteiger partial charge in [-0.05, 0) is 18.3 Å². The summed E-state index contributed by atoms with van der Waals surface area (Å²) in [7, 11) is 0. The zero-order chi connectivity index (χ0) is 9.19. The van der Waals surface area contributed by atoms with Crippen LogP contribution < -0.4 is 0 Å². The van der Waals surface area contributed by atoms with E-state index in [1.807, 2.05) is 0 Å². The van der Waals surface area contributed by atoms with Gasteiger partial charge in [0.15, 0.2) is 0 Å². The van der Waals surface area contributed by atoms with Crippen molar-refractivity contribution in [3.63, 3.8) is 0 Å². The van der Waals surface area contributed by atoms with E-state index in [0.29, 0.717) is 5.92 Å². The van der Waals surface area contributed by atoms with E-state index >= 15 is 0 Å². The molecule has 0 radical (unpaired) electrons. The van der Waals surface area contributed by atoms with E-state index in [1.54, 1.807) is 0 Å². The van der Waals surface area contributed by atoms with Crippen molar-refractivity contribution in [3.05, 3.63) is 0 Å². The molecule has 0 aromatic rings. The SMILES string of the molecule is CC1CCCCC1C(C)(C)C=O. The van der Waals surface area contributed by atoms with Crippen LogP contribution in [0.4, 0.5) is 0 Å². The van der Waals surface area contributed by atoms with Crippen molar-refractivity contribution in [2.24, 2.45) is 17.3 Å². The summed E-state index contributed by atoms with van der Waals surface area (Å²) in [6, 6.07) is 0. The first-order valence-corrected chi connectivity index (χ1v) is 5.04. The summed E-state index contributed by atoms with van der Waals surface area (Å²) in [6.45, 7) is 6.44. The number of carbonyl (C=O) groups is 1. The molecule has 1 heteroatoms. The number of hydrogen-bond acceptors (Lipinski definition) is 1. The van der Waals surface area contributed by atoms with Gasteiger partial charge in [0.25, 0.3) is 0 Å². The van der Waals surface area contributed by atoms with E-state index < -0.39 is 0 Å². The third kappa shape index (κ3) is 1.88. The Bertz CT molecular complexity index is 160. The van der Waals surface area contributed by atoms with Gasteiger partial charge in [-0.15, -0.1) is 0 Å². The standard InChI is InChI=1S/C11H20O/c1-9-6-4-5-7-10(9)11(2,3)8-12/h8-10H,4-7H2,1-3H3. The van der Waals surface area contributed by atoms with Gasteiger partial charge in [0.05, 0.1) is 0 Å². The van der Waals surface area contributed by atoms with E-state index in [1.165, 1.54) is 25.7 Å². The number of rotatable bonds is 2. The second kappa shape index (κ2) is 3.59. The van der Waals surface area contributed by atoms with Gasteiger partial charge in [-0.2, -0.15) is 0 Å². The van der Waals surface area contributed by atoms with Gasteiger partial charge in [0.2, 0.25) is 0 Å². The van der Waals surface area contributed by atoms with Crippen molar-refractivity contribution in [1.29, 1.82) is 0 Å². The first-order valence-electron chi connectivity index (χ1n) is 5.04. The third-order valence-corrected chi connectivity index (χ3v) is 3.37. The molecule has 0 saturated heterocycles. The molecule has 0 aromatic carbocycles. The van der Waals surface area contributed by atoms with Gasteiger partial charge in [0, 0.05) is 5.41 Å². The van der Waals surface area contributed by atoms with Crippen LogP contribution in [0.1, 0.15) is 46.5 Å². The second-order valence-corrected chi connectivity index (χ2v) is 4.81. The zero-order valence-corrected chi connectivity index (χ0v) is 8.47. The highest BCUT2D eigenvalue weighted by atomic mass is 16.1.